The summed E-state index contributed by atoms with van der Waals surface area (Å²) < 4.78 is 0. The van der Waals surface area contributed by atoms with Crippen LogP contribution in [0.2, 0.25) is 0 Å². The van der Waals surface area contributed by atoms with Crippen LogP contribution in [0.1, 0.15) is 58.8 Å². The summed E-state index contributed by atoms with van der Waals surface area (Å²) in [5.41, 5.74) is 5.81. The number of nitrogen functional groups attached to an aromatic ring is 1. The smallest absolute Gasteiger partial charge is 0.229 e. The molecule has 1 unspecified atom stereocenters. The van der Waals surface area contributed by atoms with E-state index in [4.69, 9.17) is 5.73 Å². The standard InChI is InChI=1S/C17H33N7/c1-3-5-6-7-8-11-19-16-21-15(18)22-17(23-16)20-13-14-10-9-12-24(14)4-2/h14H,3-13H2,1-2H3,(H4,18,19,20,21,22,23). The summed E-state index contributed by atoms with van der Waals surface area (Å²) in [5.74, 6) is 1.40. The number of rotatable bonds is 11. The molecule has 7 heteroatoms. The molecule has 2 heterocycles. The van der Waals surface area contributed by atoms with Gasteiger partial charge in [-0.15, -0.1) is 0 Å². The van der Waals surface area contributed by atoms with E-state index >= 15 is 0 Å². The number of likely N-dealkylation sites (N-methyl/N-ethyl adjacent to an activating group) is 1. The number of likely N-dealkylation sites (tertiary alicyclic amines) is 1. The molecule has 1 atom stereocenters. The fraction of sp³-hybridized carbons (Fsp3) is 0.824. The van der Waals surface area contributed by atoms with E-state index in [0.29, 0.717) is 17.9 Å². The van der Waals surface area contributed by atoms with Gasteiger partial charge in [0.1, 0.15) is 0 Å². The lowest BCUT2D eigenvalue weighted by molar-refractivity contribution is 0.277. The van der Waals surface area contributed by atoms with Gasteiger partial charge in [-0.05, 0) is 32.4 Å². The van der Waals surface area contributed by atoms with E-state index in [1.165, 1.54) is 45.1 Å². The van der Waals surface area contributed by atoms with Crippen LogP contribution in [0.3, 0.4) is 0 Å². The van der Waals surface area contributed by atoms with Crippen molar-refractivity contribution in [1.29, 1.82) is 0 Å². The highest BCUT2D eigenvalue weighted by Gasteiger charge is 2.22. The molecule has 0 radical (unpaired) electrons. The first kappa shape index (κ1) is 18.7. The molecule has 24 heavy (non-hydrogen) atoms. The summed E-state index contributed by atoms with van der Waals surface area (Å²) in [7, 11) is 0. The predicted molar refractivity (Wildman–Crippen MR) is 100 cm³/mol. The van der Waals surface area contributed by atoms with Crippen LogP contribution in [0, 0.1) is 0 Å². The molecule has 7 nitrogen and oxygen atoms in total. The van der Waals surface area contributed by atoms with Crippen molar-refractivity contribution < 1.29 is 0 Å². The first-order chi connectivity index (χ1) is 11.7. The van der Waals surface area contributed by atoms with Crippen molar-refractivity contribution in [3.8, 4) is 0 Å². The van der Waals surface area contributed by atoms with Crippen LogP contribution in [0.25, 0.3) is 0 Å². The Morgan fingerprint density at radius 2 is 1.79 bits per heavy atom. The second-order valence-electron chi connectivity index (χ2n) is 6.49. The zero-order valence-electron chi connectivity index (χ0n) is 15.2. The highest BCUT2D eigenvalue weighted by Crippen LogP contribution is 2.17. The van der Waals surface area contributed by atoms with E-state index in [9.17, 15) is 0 Å². The average molecular weight is 336 g/mol. The number of aromatic nitrogens is 3. The normalized spacial score (nSPS) is 18.0. The van der Waals surface area contributed by atoms with E-state index in [-0.39, 0.29) is 5.95 Å². The summed E-state index contributed by atoms with van der Waals surface area (Å²) in [6.45, 7) is 8.45. The number of anilines is 3. The van der Waals surface area contributed by atoms with Crippen LogP contribution in [-0.4, -0.2) is 52.1 Å². The second-order valence-corrected chi connectivity index (χ2v) is 6.49. The molecule has 0 amide bonds. The van der Waals surface area contributed by atoms with Crippen LogP contribution in [0.4, 0.5) is 17.8 Å². The van der Waals surface area contributed by atoms with Crippen molar-refractivity contribution in [2.24, 2.45) is 0 Å². The Bertz CT molecular complexity index is 480. The van der Waals surface area contributed by atoms with Crippen molar-refractivity contribution in [3.63, 3.8) is 0 Å². The van der Waals surface area contributed by atoms with Gasteiger partial charge in [-0.25, -0.2) is 0 Å². The van der Waals surface area contributed by atoms with E-state index in [2.05, 4.69) is 44.3 Å². The van der Waals surface area contributed by atoms with Gasteiger partial charge < -0.3 is 16.4 Å². The Morgan fingerprint density at radius 3 is 2.54 bits per heavy atom. The van der Waals surface area contributed by atoms with Crippen molar-refractivity contribution in [3.05, 3.63) is 0 Å². The molecule has 0 spiro atoms. The summed E-state index contributed by atoms with van der Waals surface area (Å²) in [6.07, 6.45) is 8.73. The van der Waals surface area contributed by atoms with E-state index in [1.807, 2.05) is 0 Å². The molecule has 4 N–H and O–H groups in total. The highest BCUT2D eigenvalue weighted by atomic mass is 15.3. The monoisotopic (exact) mass is 335 g/mol. The van der Waals surface area contributed by atoms with Crippen molar-refractivity contribution >= 4 is 17.8 Å². The summed E-state index contributed by atoms with van der Waals surface area (Å²) in [4.78, 5) is 15.3. The molecule has 136 valence electrons. The van der Waals surface area contributed by atoms with Crippen LogP contribution < -0.4 is 16.4 Å². The Labute approximate surface area is 145 Å². The first-order valence-electron chi connectivity index (χ1n) is 9.46. The molecular weight excluding hydrogens is 302 g/mol. The third kappa shape index (κ3) is 6.11. The van der Waals surface area contributed by atoms with Crippen LogP contribution in [0.5, 0.6) is 0 Å². The van der Waals surface area contributed by atoms with Crippen molar-refractivity contribution in [1.82, 2.24) is 19.9 Å². The Hall–Kier alpha value is -1.63. The maximum absolute atomic E-state index is 5.81. The zero-order chi connectivity index (χ0) is 17.2. The van der Waals surface area contributed by atoms with Gasteiger partial charge in [0.2, 0.25) is 17.8 Å². The fourth-order valence-corrected chi connectivity index (χ4v) is 3.23. The van der Waals surface area contributed by atoms with E-state index in [1.54, 1.807) is 0 Å². The maximum Gasteiger partial charge on any atom is 0.229 e. The van der Waals surface area contributed by atoms with Gasteiger partial charge >= 0.3 is 0 Å². The van der Waals surface area contributed by atoms with Crippen LogP contribution in [0.15, 0.2) is 0 Å². The Morgan fingerprint density at radius 1 is 1.04 bits per heavy atom. The Balaban J connectivity index is 1.77. The SMILES string of the molecule is CCCCCCCNc1nc(N)nc(NCC2CCCN2CC)n1. The topological polar surface area (TPSA) is 92.0 Å². The lowest BCUT2D eigenvalue weighted by atomic mass is 10.1. The van der Waals surface area contributed by atoms with Gasteiger partial charge in [0.25, 0.3) is 0 Å². The third-order valence-corrected chi connectivity index (χ3v) is 4.62. The number of unbranched alkanes of at least 4 members (excludes halogenated alkanes) is 4. The predicted octanol–water partition coefficient (Wildman–Crippen LogP) is 2.73. The van der Waals surface area contributed by atoms with Gasteiger partial charge in [-0.2, -0.15) is 15.0 Å². The highest BCUT2D eigenvalue weighted by molar-refractivity contribution is 5.39. The molecule has 1 aromatic heterocycles. The number of nitrogens with zero attached hydrogens (tertiary/aromatic N) is 4. The van der Waals surface area contributed by atoms with Gasteiger partial charge in [0.15, 0.2) is 0 Å². The van der Waals surface area contributed by atoms with E-state index in [0.717, 1.165) is 26.1 Å². The molecule has 0 saturated carbocycles. The van der Waals surface area contributed by atoms with Gasteiger partial charge in [0.05, 0.1) is 0 Å². The average Bonchev–Trinajstić information content (AvgIpc) is 3.03. The summed E-state index contributed by atoms with van der Waals surface area (Å²) in [6, 6.07) is 0.558. The fourth-order valence-electron chi connectivity index (χ4n) is 3.23. The van der Waals surface area contributed by atoms with Gasteiger partial charge in [0, 0.05) is 19.1 Å². The Kier molecular flexibility index (Phi) is 8.01. The summed E-state index contributed by atoms with van der Waals surface area (Å²) >= 11 is 0. The zero-order valence-corrected chi connectivity index (χ0v) is 15.2. The van der Waals surface area contributed by atoms with Crippen LogP contribution >= 0.6 is 0 Å². The molecule has 2 rings (SSSR count). The van der Waals surface area contributed by atoms with E-state index < -0.39 is 0 Å². The molecule has 1 aromatic rings. The van der Waals surface area contributed by atoms with Crippen LogP contribution in [-0.2, 0) is 0 Å². The number of nitrogens with two attached hydrogens (primary N) is 1. The minimum absolute atomic E-state index is 0.264. The lowest BCUT2D eigenvalue weighted by Crippen LogP contribution is -2.35. The largest absolute Gasteiger partial charge is 0.368 e. The first-order valence-corrected chi connectivity index (χ1v) is 9.46. The molecule has 0 aliphatic carbocycles. The number of hydrogen-bond donors (Lipinski definition) is 3. The molecule has 1 fully saturated rings. The molecule has 1 aliphatic rings. The minimum atomic E-state index is 0.264. The number of nitrogens with one attached hydrogen (secondary N) is 2. The van der Waals surface area contributed by atoms with Crippen molar-refractivity contribution in [2.45, 2.75) is 64.8 Å². The summed E-state index contributed by atoms with van der Waals surface area (Å²) in [5, 5.41) is 6.58. The lowest BCUT2D eigenvalue weighted by Gasteiger charge is -2.22. The third-order valence-electron chi connectivity index (χ3n) is 4.62. The van der Waals surface area contributed by atoms with Gasteiger partial charge in [-0.1, -0.05) is 39.5 Å². The minimum Gasteiger partial charge on any atom is -0.368 e. The number of hydrogen-bond acceptors (Lipinski definition) is 7. The van der Waals surface area contributed by atoms with Crippen molar-refractivity contribution in [2.75, 3.05) is 42.5 Å². The molecular formula is C17H33N7. The molecule has 0 aromatic carbocycles. The quantitative estimate of drug-likeness (QED) is 0.535. The van der Waals surface area contributed by atoms with Gasteiger partial charge in [-0.3, -0.25) is 4.90 Å². The molecule has 1 aliphatic heterocycles. The maximum atomic E-state index is 5.81. The molecule has 1 saturated heterocycles. The molecule has 0 bridgehead atoms. The second kappa shape index (κ2) is 10.3.